The van der Waals surface area contributed by atoms with E-state index in [2.05, 4.69) is 0 Å². The van der Waals surface area contributed by atoms with E-state index in [1.165, 1.54) is 0 Å². The van der Waals surface area contributed by atoms with Crippen LogP contribution in [0.1, 0.15) is 19.8 Å². The molecule has 3 nitrogen and oxygen atoms in total. The van der Waals surface area contributed by atoms with Crippen LogP contribution in [0.25, 0.3) is 0 Å². The van der Waals surface area contributed by atoms with E-state index in [-0.39, 0.29) is 6.42 Å². The Kier molecular flexibility index (Phi) is 2.52. The molecule has 0 spiro atoms. The van der Waals surface area contributed by atoms with Crippen molar-refractivity contribution in [2.24, 2.45) is 5.41 Å². The summed E-state index contributed by atoms with van der Waals surface area (Å²) in [5, 5.41) is 17.6. The maximum atomic E-state index is 11.0. The van der Waals surface area contributed by atoms with Crippen LogP contribution in [0.3, 0.4) is 0 Å². The van der Waals surface area contributed by atoms with Crippen LogP contribution in [0.15, 0.2) is 23.8 Å². The number of aliphatic carboxylic acids is 1. The summed E-state index contributed by atoms with van der Waals surface area (Å²) < 4.78 is 0. The summed E-state index contributed by atoms with van der Waals surface area (Å²) in [5.41, 5.74) is -0.323. The van der Waals surface area contributed by atoms with Gasteiger partial charge in [-0.05, 0) is 13.3 Å². The Hall–Kier alpha value is -1.56. The molecule has 0 aliphatic heterocycles. The highest BCUT2D eigenvalue weighted by atomic mass is 16.4. The minimum Gasteiger partial charge on any atom is -0.480 e. The molecule has 1 rings (SSSR count). The topological polar surface area (TPSA) is 61.1 Å². The minimum atomic E-state index is -1.08. The Morgan fingerprint density at radius 3 is 3.00 bits per heavy atom. The number of allylic oxidation sites excluding steroid dienone is 2. The number of carboxylic acid groups (broad SMARTS) is 1. The zero-order valence-corrected chi connectivity index (χ0v) is 7.45. The maximum Gasteiger partial charge on any atom is 0.318 e. The van der Waals surface area contributed by atoms with Crippen LogP contribution in [0.2, 0.25) is 0 Å². The molecule has 0 fully saturated rings. The molecule has 68 valence electrons. The average molecular weight is 177 g/mol. The Balaban J connectivity index is 3.10. The van der Waals surface area contributed by atoms with Crippen LogP contribution in [0, 0.1) is 16.7 Å². The van der Waals surface area contributed by atoms with Gasteiger partial charge in [-0.1, -0.05) is 23.8 Å². The molecule has 1 atom stereocenters. The second-order valence-electron chi connectivity index (χ2n) is 3.14. The lowest BCUT2D eigenvalue weighted by molar-refractivity contribution is -0.143. The molecule has 0 amide bonds. The quantitative estimate of drug-likeness (QED) is 0.655. The molecule has 0 heterocycles. The van der Waals surface area contributed by atoms with Crippen LogP contribution in [0.4, 0.5) is 0 Å². The third-order valence-corrected chi connectivity index (χ3v) is 2.41. The van der Waals surface area contributed by atoms with Crippen LogP contribution >= 0.6 is 0 Å². The number of carbonyl (C=O) groups is 1. The maximum absolute atomic E-state index is 11.0. The monoisotopic (exact) mass is 177 g/mol. The summed E-state index contributed by atoms with van der Waals surface area (Å²) in [6.07, 6.45) is 6.02. The summed E-state index contributed by atoms with van der Waals surface area (Å²) in [7, 11) is 0. The van der Waals surface area contributed by atoms with Gasteiger partial charge in [0.25, 0.3) is 0 Å². The molecule has 1 aliphatic carbocycles. The molecule has 0 saturated heterocycles. The number of hydrogen-bond acceptors (Lipinski definition) is 2. The lowest BCUT2D eigenvalue weighted by Gasteiger charge is -2.26. The van der Waals surface area contributed by atoms with Crippen LogP contribution in [-0.2, 0) is 4.79 Å². The SMILES string of the molecule is CC1=CCC=CC1(CC#N)C(=O)O. The van der Waals surface area contributed by atoms with Crippen molar-refractivity contribution in [2.75, 3.05) is 0 Å². The van der Waals surface area contributed by atoms with Gasteiger partial charge in [0.2, 0.25) is 0 Å². The Bertz CT molecular complexity index is 322. The molecule has 1 unspecified atom stereocenters. The fraction of sp³-hybridized carbons (Fsp3) is 0.400. The molecular formula is C10H11NO2. The Morgan fingerprint density at radius 1 is 1.85 bits per heavy atom. The van der Waals surface area contributed by atoms with Crippen molar-refractivity contribution >= 4 is 5.97 Å². The number of rotatable bonds is 2. The molecule has 0 radical (unpaired) electrons. The fourth-order valence-electron chi connectivity index (χ4n) is 1.47. The third-order valence-electron chi connectivity index (χ3n) is 2.41. The Morgan fingerprint density at radius 2 is 2.54 bits per heavy atom. The number of nitriles is 1. The molecule has 13 heavy (non-hydrogen) atoms. The van der Waals surface area contributed by atoms with Gasteiger partial charge in [0.1, 0.15) is 5.41 Å². The van der Waals surface area contributed by atoms with Crippen molar-refractivity contribution < 1.29 is 9.90 Å². The standard InChI is InChI=1S/C10H11NO2/c1-8-4-2-3-5-10(8,6-7-11)9(12)13/h3-5H,2,6H2,1H3,(H,12,13). The number of nitrogens with zero attached hydrogens (tertiary/aromatic N) is 1. The molecule has 1 aliphatic rings. The van der Waals surface area contributed by atoms with E-state index < -0.39 is 11.4 Å². The van der Waals surface area contributed by atoms with Gasteiger partial charge >= 0.3 is 5.97 Å². The summed E-state index contributed by atoms with van der Waals surface area (Å²) in [6.45, 7) is 1.76. The van der Waals surface area contributed by atoms with E-state index in [4.69, 9.17) is 10.4 Å². The fourth-order valence-corrected chi connectivity index (χ4v) is 1.47. The lowest BCUT2D eigenvalue weighted by atomic mass is 9.75. The highest BCUT2D eigenvalue weighted by molar-refractivity contribution is 5.82. The van der Waals surface area contributed by atoms with Crippen molar-refractivity contribution in [1.29, 1.82) is 5.26 Å². The van der Waals surface area contributed by atoms with Crippen LogP contribution < -0.4 is 0 Å². The van der Waals surface area contributed by atoms with Crippen molar-refractivity contribution in [2.45, 2.75) is 19.8 Å². The van der Waals surface area contributed by atoms with E-state index in [0.29, 0.717) is 0 Å². The first kappa shape index (κ1) is 9.53. The van der Waals surface area contributed by atoms with Crippen molar-refractivity contribution in [3.8, 4) is 6.07 Å². The number of carboxylic acids is 1. The van der Waals surface area contributed by atoms with E-state index in [0.717, 1.165) is 12.0 Å². The summed E-state index contributed by atoms with van der Waals surface area (Å²) in [6, 6.07) is 1.92. The molecule has 0 aromatic heterocycles. The molecule has 0 bridgehead atoms. The molecule has 0 aromatic rings. The zero-order chi connectivity index (χ0) is 9.90. The normalized spacial score (nSPS) is 26.3. The summed E-state index contributed by atoms with van der Waals surface area (Å²) >= 11 is 0. The van der Waals surface area contributed by atoms with Gasteiger partial charge in [-0.3, -0.25) is 4.79 Å². The van der Waals surface area contributed by atoms with Crippen LogP contribution in [-0.4, -0.2) is 11.1 Å². The number of hydrogen-bond donors (Lipinski definition) is 1. The van der Waals surface area contributed by atoms with Gasteiger partial charge in [-0.25, -0.2) is 0 Å². The van der Waals surface area contributed by atoms with Gasteiger partial charge in [-0.2, -0.15) is 5.26 Å². The van der Waals surface area contributed by atoms with E-state index >= 15 is 0 Å². The minimum absolute atomic E-state index is 0.00116. The zero-order valence-electron chi connectivity index (χ0n) is 7.45. The largest absolute Gasteiger partial charge is 0.480 e. The van der Waals surface area contributed by atoms with Crippen molar-refractivity contribution in [3.63, 3.8) is 0 Å². The third kappa shape index (κ3) is 1.48. The smallest absolute Gasteiger partial charge is 0.318 e. The predicted octanol–water partition coefficient (Wildman–Crippen LogP) is 1.88. The summed E-state index contributed by atoms with van der Waals surface area (Å²) in [5.74, 6) is -0.946. The molecular weight excluding hydrogens is 166 g/mol. The highest BCUT2D eigenvalue weighted by Crippen LogP contribution is 2.36. The van der Waals surface area contributed by atoms with Crippen LogP contribution in [0.5, 0.6) is 0 Å². The first-order valence-electron chi connectivity index (χ1n) is 4.09. The second-order valence-corrected chi connectivity index (χ2v) is 3.14. The van der Waals surface area contributed by atoms with Gasteiger partial charge in [0.15, 0.2) is 0 Å². The molecule has 3 heteroatoms. The van der Waals surface area contributed by atoms with Crippen molar-refractivity contribution in [1.82, 2.24) is 0 Å². The lowest BCUT2D eigenvalue weighted by Crippen LogP contribution is -2.31. The predicted molar refractivity (Wildman–Crippen MR) is 47.8 cm³/mol. The molecule has 1 N–H and O–H groups in total. The Labute approximate surface area is 77.0 Å². The average Bonchev–Trinajstić information content (AvgIpc) is 2.09. The van der Waals surface area contributed by atoms with Gasteiger partial charge < -0.3 is 5.11 Å². The van der Waals surface area contributed by atoms with E-state index in [1.54, 1.807) is 19.1 Å². The van der Waals surface area contributed by atoms with Crippen molar-refractivity contribution in [3.05, 3.63) is 23.8 Å². The highest BCUT2D eigenvalue weighted by Gasteiger charge is 2.38. The van der Waals surface area contributed by atoms with Gasteiger partial charge in [-0.15, -0.1) is 0 Å². The first-order chi connectivity index (χ1) is 6.13. The van der Waals surface area contributed by atoms with Gasteiger partial charge in [0, 0.05) is 0 Å². The first-order valence-corrected chi connectivity index (χ1v) is 4.09. The van der Waals surface area contributed by atoms with E-state index in [9.17, 15) is 4.79 Å². The molecule has 0 aromatic carbocycles. The van der Waals surface area contributed by atoms with E-state index in [1.807, 2.05) is 12.1 Å². The summed E-state index contributed by atoms with van der Waals surface area (Å²) in [4.78, 5) is 11.0. The second kappa shape index (κ2) is 3.44. The molecule has 0 saturated carbocycles. The van der Waals surface area contributed by atoms with Gasteiger partial charge in [0.05, 0.1) is 12.5 Å².